The van der Waals surface area contributed by atoms with Gasteiger partial charge in [-0.1, -0.05) is 18.2 Å². The van der Waals surface area contributed by atoms with Crippen molar-refractivity contribution in [1.82, 2.24) is 10.3 Å². The lowest BCUT2D eigenvalue weighted by Crippen LogP contribution is -2.32. The number of esters is 1. The molecular formula is C18H24N2O3. The first-order valence-electron chi connectivity index (χ1n) is 8.18. The SMILES string of the molecule is COC(=O)[C@H]1C[C@H]([C@@H](C)O)CNCCc2c1[nH]c1ccccc21. The summed E-state index contributed by atoms with van der Waals surface area (Å²) in [5, 5.41) is 14.6. The molecule has 23 heavy (non-hydrogen) atoms. The minimum absolute atomic E-state index is 0.0106. The Kier molecular flexibility index (Phi) is 4.68. The molecule has 0 radical (unpaired) electrons. The number of carbonyl (C=O) groups is 1. The van der Waals surface area contributed by atoms with Crippen molar-refractivity contribution in [2.75, 3.05) is 20.2 Å². The van der Waals surface area contributed by atoms with E-state index in [4.69, 9.17) is 4.74 Å². The average Bonchev–Trinajstić information content (AvgIpc) is 2.94. The van der Waals surface area contributed by atoms with Gasteiger partial charge in [-0.2, -0.15) is 0 Å². The monoisotopic (exact) mass is 316 g/mol. The lowest BCUT2D eigenvalue weighted by atomic mass is 9.87. The fraction of sp³-hybridized carbons (Fsp3) is 0.500. The summed E-state index contributed by atoms with van der Waals surface area (Å²) < 4.78 is 5.05. The molecule has 0 aliphatic carbocycles. The van der Waals surface area contributed by atoms with Crippen LogP contribution in [-0.2, 0) is 16.0 Å². The molecule has 0 saturated carbocycles. The van der Waals surface area contributed by atoms with Crippen LogP contribution in [0.1, 0.15) is 30.5 Å². The number of aliphatic hydroxyl groups excluding tert-OH is 1. The van der Waals surface area contributed by atoms with Crippen LogP contribution in [0.5, 0.6) is 0 Å². The molecule has 0 bridgehead atoms. The standard InChI is InChI=1S/C18H24N2O3/c1-11(21)12-9-15(18(22)23-2)17-14(7-8-19-10-12)13-5-3-4-6-16(13)20-17/h3-6,11-12,15,19-21H,7-10H2,1-2H3/t11-,12+,15+/m1/s1. The number of aliphatic hydroxyl groups is 1. The molecule has 3 atom stereocenters. The van der Waals surface area contributed by atoms with Gasteiger partial charge in [-0.05, 0) is 43.9 Å². The molecule has 1 aromatic carbocycles. The van der Waals surface area contributed by atoms with E-state index in [1.165, 1.54) is 12.7 Å². The Hall–Kier alpha value is -1.85. The quantitative estimate of drug-likeness (QED) is 0.741. The number of aromatic nitrogens is 1. The maximum atomic E-state index is 12.4. The molecule has 3 N–H and O–H groups in total. The van der Waals surface area contributed by atoms with Crippen LogP contribution < -0.4 is 5.32 Å². The number of hydrogen-bond donors (Lipinski definition) is 3. The second kappa shape index (κ2) is 6.72. The topological polar surface area (TPSA) is 74.3 Å². The molecule has 1 aromatic heterocycles. The molecule has 0 unspecified atom stereocenters. The smallest absolute Gasteiger partial charge is 0.314 e. The van der Waals surface area contributed by atoms with Gasteiger partial charge in [-0.15, -0.1) is 0 Å². The van der Waals surface area contributed by atoms with E-state index in [0.29, 0.717) is 13.0 Å². The highest BCUT2D eigenvalue weighted by molar-refractivity contribution is 5.88. The highest BCUT2D eigenvalue weighted by atomic mass is 16.5. The Balaban J connectivity index is 2.10. The number of benzene rings is 1. The fourth-order valence-corrected chi connectivity index (χ4v) is 3.52. The summed E-state index contributed by atoms with van der Waals surface area (Å²) in [6.45, 7) is 3.31. The third-order valence-electron chi connectivity index (χ3n) is 4.86. The number of fused-ring (bicyclic) bond motifs is 3. The second-order valence-electron chi connectivity index (χ2n) is 6.33. The van der Waals surface area contributed by atoms with Crippen molar-refractivity contribution in [3.63, 3.8) is 0 Å². The van der Waals surface area contributed by atoms with E-state index in [0.717, 1.165) is 29.6 Å². The van der Waals surface area contributed by atoms with Gasteiger partial charge in [0.25, 0.3) is 0 Å². The predicted octanol–water partition coefficient (Wildman–Crippen LogP) is 1.96. The summed E-state index contributed by atoms with van der Waals surface area (Å²) in [6, 6.07) is 8.12. The van der Waals surface area contributed by atoms with Crippen LogP contribution in [-0.4, -0.2) is 42.4 Å². The van der Waals surface area contributed by atoms with Crippen LogP contribution in [0.4, 0.5) is 0 Å². The number of ether oxygens (including phenoxy) is 1. The van der Waals surface area contributed by atoms with E-state index in [1.807, 2.05) is 18.2 Å². The van der Waals surface area contributed by atoms with Gasteiger partial charge in [0, 0.05) is 23.1 Å². The molecule has 0 fully saturated rings. The molecular weight excluding hydrogens is 292 g/mol. The summed E-state index contributed by atoms with van der Waals surface area (Å²) in [5.74, 6) is -0.608. The number of para-hydroxylation sites is 1. The maximum Gasteiger partial charge on any atom is 0.314 e. The lowest BCUT2D eigenvalue weighted by Gasteiger charge is -2.23. The minimum Gasteiger partial charge on any atom is -0.469 e. The summed E-state index contributed by atoms with van der Waals surface area (Å²) in [6.07, 6.45) is 0.942. The van der Waals surface area contributed by atoms with Gasteiger partial charge in [0.1, 0.15) is 0 Å². The van der Waals surface area contributed by atoms with Gasteiger partial charge in [-0.25, -0.2) is 0 Å². The zero-order chi connectivity index (χ0) is 16.4. The van der Waals surface area contributed by atoms with Crippen molar-refractivity contribution in [1.29, 1.82) is 0 Å². The number of rotatable bonds is 2. The van der Waals surface area contributed by atoms with Crippen LogP contribution in [0.2, 0.25) is 0 Å². The fourth-order valence-electron chi connectivity index (χ4n) is 3.52. The van der Waals surface area contributed by atoms with E-state index < -0.39 is 6.10 Å². The molecule has 124 valence electrons. The number of methoxy groups -OCH3 is 1. The molecule has 5 heteroatoms. The summed E-state index contributed by atoms with van der Waals surface area (Å²) in [7, 11) is 1.42. The van der Waals surface area contributed by atoms with Crippen molar-refractivity contribution < 1.29 is 14.6 Å². The van der Waals surface area contributed by atoms with Crippen molar-refractivity contribution in [3.8, 4) is 0 Å². The normalized spacial score (nSPS) is 23.4. The number of carbonyl (C=O) groups excluding carboxylic acids is 1. The predicted molar refractivity (Wildman–Crippen MR) is 89.4 cm³/mol. The molecule has 0 amide bonds. The Morgan fingerprint density at radius 1 is 1.39 bits per heavy atom. The highest BCUT2D eigenvalue weighted by Crippen LogP contribution is 2.34. The van der Waals surface area contributed by atoms with Gasteiger partial charge in [0.05, 0.1) is 19.1 Å². The number of aromatic amines is 1. The maximum absolute atomic E-state index is 12.4. The molecule has 3 rings (SSSR count). The number of nitrogens with one attached hydrogen (secondary N) is 2. The molecule has 2 heterocycles. The summed E-state index contributed by atoms with van der Waals surface area (Å²) in [5.41, 5.74) is 3.16. The third kappa shape index (κ3) is 3.12. The van der Waals surface area contributed by atoms with Gasteiger partial charge in [0.15, 0.2) is 0 Å². The first-order valence-corrected chi connectivity index (χ1v) is 8.18. The zero-order valence-electron chi connectivity index (χ0n) is 13.6. The molecule has 2 aromatic rings. The van der Waals surface area contributed by atoms with Crippen LogP contribution in [0.15, 0.2) is 24.3 Å². The molecule has 1 aliphatic heterocycles. The van der Waals surface area contributed by atoms with Gasteiger partial charge in [-0.3, -0.25) is 4.79 Å². The zero-order valence-corrected chi connectivity index (χ0v) is 13.6. The largest absolute Gasteiger partial charge is 0.469 e. The van der Waals surface area contributed by atoms with E-state index in [1.54, 1.807) is 6.92 Å². The van der Waals surface area contributed by atoms with Crippen molar-refractivity contribution >= 4 is 16.9 Å². The van der Waals surface area contributed by atoms with Crippen molar-refractivity contribution in [2.24, 2.45) is 5.92 Å². The molecule has 0 saturated heterocycles. The van der Waals surface area contributed by atoms with Crippen LogP contribution in [0.25, 0.3) is 10.9 Å². The highest BCUT2D eigenvalue weighted by Gasteiger charge is 2.32. The van der Waals surface area contributed by atoms with Gasteiger partial charge < -0.3 is 20.1 Å². The second-order valence-corrected chi connectivity index (χ2v) is 6.33. The molecule has 0 spiro atoms. The van der Waals surface area contributed by atoms with E-state index in [2.05, 4.69) is 16.4 Å². The number of hydrogen-bond acceptors (Lipinski definition) is 4. The Labute approximate surface area is 136 Å². The Morgan fingerprint density at radius 2 is 2.17 bits per heavy atom. The van der Waals surface area contributed by atoms with E-state index in [-0.39, 0.29) is 17.8 Å². The average molecular weight is 316 g/mol. The van der Waals surface area contributed by atoms with E-state index >= 15 is 0 Å². The van der Waals surface area contributed by atoms with E-state index in [9.17, 15) is 9.90 Å². The first-order chi connectivity index (χ1) is 11.1. The lowest BCUT2D eigenvalue weighted by molar-refractivity contribution is -0.143. The molecule has 1 aliphatic rings. The Bertz CT molecular complexity index is 693. The van der Waals surface area contributed by atoms with Crippen LogP contribution in [0, 0.1) is 5.92 Å². The van der Waals surface area contributed by atoms with Crippen LogP contribution in [0.3, 0.4) is 0 Å². The van der Waals surface area contributed by atoms with Crippen molar-refractivity contribution in [2.45, 2.75) is 31.8 Å². The third-order valence-corrected chi connectivity index (χ3v) is 4.86. The molecule has 5 nitrogen and oxygen atoms in total. The Morgan fingerprint density at radius 3 is 2.91 bits per heavy atom. The van der Waals surface area contributed by atoms with Crippen LogP contribution >= 0.6 is 0 Å². The number of H-pyrrole nitrogens is 1. The first kappa shape index (κ1) is 16.0. The van der Waals surface area contributed by atoms with Crippen molar-refractivity contribution in [3.05, 3.63) is 35.5 Å². The van der Waals surface area contributed by atoms with Gasteiger partial charge in [0.2, 0.25) is 0 Å². The summed E-state index contributed by atoms with van der Waals surface area (Å²) >= 11 is 0. The van der Waals surface area contributed by atoms with Gasteiger partial charge >= 0.3 is 5.97 Å². The minimum atomic E-state index is -0.472. The summed E-state index contributed by atoms with van der Waals surface area (Å²) in [4.78, 5) is 15.8.